The number of urea groups is 1. The lowest BCUT2D eigenvalue weighted by atomic mass is 9.95. The molecule has 1 aliphatic carbocycles. The van der Waals surface area contributed by atoms with Gasteiger partial charge in [0.25, 0.3) is 0 Å². The molecule has 0 fully saturated rings. The highest BCUT2D eigenvalue weighted by Crippen LogP contribution is 2.36. The molecule has 0 bridgehead atoms. The van der Waals surface area contributed by atoms with E-state index in [-0.39, 0.29) is 25.0 Å². The fraction of sp³-hybridized carbons (Fsp3) is 0.444. The van der Waals surface area contributed by atoms with Gasteiger partial charge in [-0.1, -0.05) is 0 Å². The highest BCUT2D eigenvalue weighted by Gasteiger charge is 2.21. The Bertz CT molecular complexity index is 737. The van der Waals surface area contributed by atoms with Crippen LogP contribution in [0.4, 0.5) is 4.79 Å². The SMILES string of the molecule is COC(=O)CCNC(=O)NCc1c(-n2cccc2)sc2c1CCCC2. The van der Waals surface area contributed by atoms with E-state index in [2.05, 4.69) is 19.9 Å². The molecule has 134 valence electrons. The first-order chi connectivity index (χ1) is 12.2. The van der Waals surface area contributed by atoms with Crippen molar-refractivity contribution in [3.05, 3.63) is 40.5 Å². The molecule has 0 unspecified atom stereocenters. The first kappa shape index (κ1) is 17.5. The fourth-order valence-electron chi connectivity index (χ4n) is 3.09. The van der Waals surface area contributed by atoms with Crippen molar-refractivity contribution < 1.29 is 14.3 Å². The van der Waals surface area contributed by atoms with Gasteiger partial charge in [0.15, 0.2) is 0 Å². The zero-order valence-corrected chi connectivity index (χ0v) is 15.2. The van der Waals surface area contributed by atoms with Crippen LogP contribution in [-0.2, 0) is 28.9 Å². The summed E-state index contributed by atoms with van der Waals surface area (Å²) in [6.07, 6.45) is 8.89. The Kier molecular flexibility index (Phi) is 5.75. The predicted octanol–water partition coefficient (Wildman–Crippen LogP) is 2.78. The summed E-state index contributed by atoms with van der Waals surface area (Å²) in [5.41, 5.74) is 2.61. The molecule has 7 heteroatoms. The number of hydrogen-bond donors (Lipinski definition) is 2. The van der Waals surface area contributed by atoms with E-state index >= 15 is 0 Å². The molecule has 6 nitrogen and oxygen atoms in total. The second-order valence-corrected chi connectivity index (χ2v) is 7.10. The molecule has 2 aromatic rings. The minimum atomic E-state index is -0.331. The summed E-state index contributed by atoms with van der Waals surface area (Å²) in [7, 11) is 1.34. The van der Waals surface area contributed by atoms with Gasteiger partial charge >= 0.3 is 12.0 Å². The van der Waals surface area contributed by atoms with Crippen LogP contribution in [0.1, 0.15) is 35.3 Å². The van der Waals surface area contributed by atoms with Crippen LogP contribution in [0, 0.1) is 0 Å². The van der Waals surface area contributed by atoms with E-state index in [1.165, 1.54) is 41.0 Å². The third-order valence-electron chi connectivity index (χ3n) is 4.37. The van der Waals surface area contributed by atoms with E-state index in [4.69, 9.17) is 0 Å². The van der Waals surface area contributed by atoms with Crippen LogP contribution in [0.5, 0.6) is 0 Å². The maximum Gasteiger partial charge on any atom is 0.315 e. The molecule has 2 heterocycles. The number of hydrogen-bond acceptors (Lipinski definition) is 4. The Labute approximate surface area is 151 Å². The van der Waals surface area contributed by atoms with Crippen LogP contribution in [0.3, 0.4) is 0 Å². The number of fused-ring (bicyclic) bond motifs is 1. The number of carbonyl (C=O) groups is 2. The van der Waals surface area contributed by atoms with Crippen molar-refractivity contribution in [3.8, 4) is 5.00 Å². The molecular weight excluding hydrogens is 338 g/mol. The van der Waals surface area contributed by atoms with Gasteiger partial charge in [-0.05, 0) is 43.4 Å². The summed E-state index contributed by atoms with van der Waals surface area (Å²) < 4.78 is 6.68. The van der Waals surface area contributed by atoms with Crippen LogP contribution in [0.25, 0.3) is 5.00 Å². The van der Waals surface area contributed by atoms with Crippen molar-refractivity contribution >= 4 is 23.3 Å². The number of thiophene rings is 1. The Morgan fingerprint density at radius 3 is 2.72 bits per heavy atom. The normalized spacial score (nSPS) is 13.2. The maximum atomic E-state index is 12.0. The zero-order chi connectivity index (χ0) is 17.6. The second-order valence-electron chi connectivity index (χ2n) is 6.02. The quantitative estimate of drug-likeness (QED) is 0.777. The lowest BCUT2D eigenvalue weighted by molar-refractivity contribution is -0.140. The van der Waals surface area contributed by atoms with Gasteiger partial charge in [0, 0.05) is 35.9 Å². The topological polar surface area (TPSA) is 72.4 Å². The van der Waals surface area contributed by atoms with Crippen molar-refractivity contribution in [1.82, 2.24) is 15.2 Å². The molecule has 0 saturated carbocycles. The number of aromatic nitrogens is 1. The third kappa shape index (κ3) is 4.22. The van der Waals surface area contributed by atoms with E-state index < -0.39 is 0 Å². The van der Waals surface area contributed by atoms with Crippen LogP contribution in [0.15, 0.2) is 24.5 Å². The van der Waals surface area contributed by atoms with Gasteiger partial charge < -0.3 is 19.9 Å². The number of aryl methyl sites for hydroxylation is 1. The number of carbonyl (C=O) groups excluding carboxylic acids is 2. The average molecular weight is 361 g/mol. The minimum Gasteiger partial charge on any atom is -0.469 e. The maximum absolute atomic E-state index is 12.0. The number of nitrogens with one attached hydrogen (secondary N) is 2. The van der Waals surface area contributed by atoms with Crippen LogP contribution in [0.2, 0.25) is 0 Å². The summed E-state index contributed by atoms with van der Waals surface area (Å²) in [6.45, 7) is 0.758. The fourth-order valence-corrected chi connectivity index (χ4v) is 4.46. The summed E-state index contributed by atoms with van der Waals surface area (Å²) in [5.74, 6) is -0.331. The molecule has 0 saturated heterocycles. The highest BCUT2D eigenvalue weighted by atomic mass is 32.1. The molecule has 2 amide bonds. The molecule has 0 aliphatic heterocycles. The van der Waals surface area contributed by atoms with Crippen LogP contribution < -0.4 is 10.6 Å². The number of ether oxygens (including phenoxy) is 1. The van der Waals surface area contributed by atoms with Gasteiger partial charge in [0.05, 0.1) is 13.5 Å². The first-order valence-corrected chi connectivity index (χ1v) is 9.36. The summed E-state index contributed by atoms with van der Waals surface area (Å²) in [5, 5.41) is 6.80. The minimum absolute atomic E-state index is 0.173. The Hall–Kier alpha value is -2.28. The molecule has 0 atom stereocenters. The lowest BCUT2D eigenvalue weighted by Gasteiger charge is -2.14. The number of nitrogens with zero attached hydrogens (tertiary/aromatic N) is 1. The van der Waals surface area contributed by atoms with E-state index in [1.54, 1.807) is 0 Å². The van der Waals surface area contributed by atoms with Crippen molar-refractivity contribution in [2.24, 2.45) is 0 Å². The Morgan fingerprint density at radius 2 is 1.96 bits per heavy atom. The third-order valence-corrected chi connectivity index (χ3v) is 5.71. The van der Waals surface area contributed by atoms with Gasteiger partial charge in [0.1, 0.15) is 5.00 Å². The van der Waals surface area contributed by atoms with Gasteiger partial charge in [-0.3, -0.25) is 4.79 Å². The first-order valence-electron chi connectivity index (χ1n) is 8.54. The van der Waals surface area contributed by atoms with Gasteiger partial charge in [0.2, 0.25) is 0 Å². The van der Waals surface area contributed by atoms with Crippen LogP contribution in [-0.4, -0.2) is 30.2 Å². The van der Waals surface area contributed by atoms with Gasteiger partial charge in [-0.15, -0.1) is 11.3 Å². The van der Waals surface area contributed by atoms with Crippen molar-refractivity contribution in [2.75, 3.05) is 13.7 Å². The Balaban J connectivity index is 1.66. The molecular formula is C18H23N3O3S. The standard InChI is InChI=1S/C18H23N3O3S/c1-24-16(22)8-9-19-18(23)20-12-14-13-6-2-3-7-15(13)25-17(14)21-10-4-5-11-21/h4-5,10-11H,2-3,6-9,12H2,1H3,(H2,19,20,23). The second kappa shape index (κ2) is 8.20. The number of amides is 2. The molecule has 2 aromatic heterocycles. The average Bonchev–Trinajstić information content (AvgIpc) is 3.27. The molecule has 0 radical (unpaired) electrons. The molecule has 1 aliphatic rings. The summed E-state index contributed by atoms with van der Waals surface area (Å²) in [6, 6.07) is 3.75. The van der Waals surface area contributed by atoms with E-state index in [1.807, 2.05) is 35.9 Å². The van der Waals surface area contributed by atoms with Gasteiger partial charge in [-0.2, -0.15) is 0 Å². The number of esters is 1. The molecule has 0 spiro atoms. The number of methoxy groups -OCH3 is 1. The molecule has 3 rings (SSSR count). The largest absolute Gasteiger partial charge is 0.469 e. The Morgan fingerprint density at radius 1 is 1.20 bits per heavy atom. The summed E-state index contributed by atoms with van der Waals surface area (Å²) >= 11 is 1.83. The monoisotopic (exact) mass is 361 g/mol. The predicted molar refractivity (Wildman–Crippen MR) is 97.2 cm³/mol. The van der Waals surface area contributed by atoms with E-state index in [9.17, 15) is 9.59 Å². The van der Waals surface area contributed by atoms with Gasteiger partial charge in [-0.25, -0.2) is 4.79 Å². The molecule has 25 heavy (non-hydrogen) atoms. The summed E-state index contributed by atoms with van der Waals surface area (Å²) in [4.78, 5) is 24.5. The zero-order valence-electron chi connectivity index (χ0n) is 14.3. The van der Waals surface area contributed by atoms with Crippen LogP contribution >= 0.6 is 11.3 Å². The van der Waals surface area contributed by atoms with Crippen molar-refractivity contribution in [1.29, 1.82) is 0 Å². The highest BCUT2D eigenvalue weighted by molar-refractivity contribution is 7.14. The lowest BCUT2D eigenvalue weighted by Crippen LogP contribution is -2.36. The molecule has 0 aromatic carbocycles. The van der Waals surface area contributed by atoms with Crippen molar-refractivity contribution in [2.45, 2.75) is 38.6 Å². The van der Waals surface area contributed by atoms with E-state index in [0.29, 0.717) is 6.54 Å². The number of rotatable bonds is 6. The smallest absolute Gasteiger partial charge is 0.315 e. The van der Waals surface area contributed by atoms with E-state index in [0.717, 1.165) is 12.8 Å². The van der Waals surface area contributed by atoms with Crippen molar-refractivity contribution in [3.63, 3.8) is 0 Å². The molecule has 2 N–H and O–H groups in total.